The van der Waals surface area contributed by atoms with Crippen molar-refractivity contribution in [3.05, 3.63) is 64.0 Å². The van der Waals surface area contributed by atoms with Crippen LogP contribution >= 0.6 is 0 Å². The zero-order valence-electron chi connectivity index (χ0n) is 19.8. The number of hydrogen-bond acceptors (Lipinski definition) is 7. The Labute approximate surface area is 202 Å². The van der Waals surface area contributed by atoms with E-state index in [0.717, 1.165) is 36.5 Å². The van der Waals surface area contributed by atoms with E-state index in [9.17, 15) is 19.7 Å². The van der Waals surface area contributed by atoms with Crippen molar-refractivity contribution in [3.63, 3.8) is 0 Å². The van der Waals surface area contributed by atoms with Crippen molar-refractivity contribution < 1.29 is 19.2 Å². The number of carbonyl (C=O) groups is 2. The number of rotatable bonds is 7. The molecule has 0 bridgehead atoms. The lowest BCUT2D eigenvalue weighted by Crippen LogP contribution is -2.48. The summed E-state index contributed by atoms with van der Waals surface area (Å²) in [5.74, 6) is 0.348. The lowest BCUT2D eigenvalue weighted by molar-refractivity contribution is -0.385. The van der Waals surface area contributed by atoms with Crippen molar-refractivity contribution >= 4 is 34.4 Å². The largest absolute Gasteiger partial charge is 0.450 e. The fraction of sp³-hybridized carbons (Fsp3) is 0.375. The highest BCUT2D eigenvalue weighted by atomic mass is 16.6. The second kappa shape index (κ2) is 10.5. The Morgan fingerprint density at radius 3 is 2.54 bits per heavy atom. The zero-order chi connectivity index (χ0) is 24.9. The standard InChI is InChI=1S/C24H28N6O5/c1-3-29-21-10-9-17(25-23(31)18-7-5-6-8-20(18)30(33)34)15-19(21)26-22(29)16-27-11-13-28(14-12-27)24(32)35-4-2/h5-10,15H,3-4,11-14,16H2,1-2H3,(H,25,31). The van der Waals surface area contributed by atoms with Gasteiger partial charge in [0, 0.05) is 44.5 Å². The number of nitrogens with one attached hydrogen (secondary N) is 1. The molecule has 35 heavy (non-hydrogen) atoms. The van der Waals surface area contributed by atoms with E-state index in [-0.39, 0.29) is 17.3 Å². The topological polar surface area (TPSA) is 123 Å². The fourth-order valence-corrected chi connectivity index (χ4v) is 4.26. The molecule has 0 unspecified atom stereocenters. The Morgan fingerprint density at radius 2 is 1.86 bits per heavy atom. The fourth-order valence-electron chi connectivity index (χ4n) is 4.26. The first-order valence-corrected chi connectivity index (χ1v) is 11.6. The van der Waals surface area contributed by atoms with Gasteiger partial charge in [-0.2, -0.15) is 0 Å². The summed E-state index contributed by atoms with van der Waals surface area (Å²) in [6.07, 6.45) is -0.275. The van der Waals surface area contributed by atoms with E-state index < -0.39 is 10.8 Å². The molecule has 11 nitrogen and oxygen atoms in total. The van der Waals surface area contributed by atoms with Crippen LogP contribution in [0.4, 0.5) is 16.2 Å². The number of imidazole rings is 1. The molecule has 1 N–H and O–H groups in total. The van der Waals surface area contributed by atoms with E-state index in [0.29, 0.717) is 31.9 Å². The highest BCUT2D eigenvalue weighted by Crippen LogP contribution is 2.24. The minimum Gasteiger partial charge on any atom is -0.450 e. The maximum absolute atomic E-state index is 12.7. The number of nitro benzene ring substituents is 1. The number of benzene rings is 2. The van der Waals surface area contributed by atoms with Crippen LogP contribution < -0.4 is 5.32 Å². The molecule has 0 aliphatic carbocycles. The number of amides is 2. The molecule has 1 aromatic heterocycles. The van der Waals surface area contributed by atoms with Gasteiger partial charge < -0.3 is 19.5 Å². The van der Waals surface area contributed by atoms with E-state index in [4.69, 9.17) is 9.72 Å². The molecule has 0 saturated carbocycles. The second-order valence-corrected chi connectivity index (χ2v) is 8.17. The number of nitro groups is 1. The highest BCUT2D eigenvalue weighted by molar-refractivity contribution is 6.07. The summed E-state index contributed by atoms with van der Waals surface area (Å²) in [5, 5.41) is 14.0. The SMILES string of the molecule is CCOC(=O)N1CCN(Cc2nc3cc(NC(=O)c4ccccc4[N+](=O)[O-])ccc3n2CC)CC1. The van der Waals surface area contributed by atoms with Gasteiger partial charge in [-0.3, -0.25) is 19.8 Å². The number of anilines is 1. The molecule has 11 heteroatoms. The van der Waals surface area contributed by atoms with Gasteiger partial charge in [-0.15, -0.1) is 0 Å². The van der Waals surface area contributed by atoms with Crippen molar-refractivity contribution in [2.24, 2.45) is 0 Å². The lowest BCUT2D eigenvalue weighted by atomic mass is 10.1. The summed E-state index contributed by atoms with van der Waals surface area (Å²) in [6.45, 7) is 8.24. The first kappa shape index (κ1) is 24.1. The van der Waals surface area contributed by atoms with Crippen LogP contribution in [0.1, 0.15) is 30.0 Å². The van der Waals surface area contributed by atoms with Crippen LogP contribution in [0.3, 0.4) is 0 Å². The Bertz CT molecular complexity index is 1250. The normalized spacial score (nSPS) is 14.2. The Morgan fingerprint density at radius 1 is 1.11 bits per heavy atom. The van der Waals surface area contributed by atoms with Gasteiger partial charge in [-0.1, -0.05) is 12.1 Å². The quantitative estimate of drug-likeness (QED) is 0.406. The van der Waals surface area contributed by atoms with E-state index in [2.05, 4.69) is 14.8 Å². The molecule has 2 heterocycles. The van der Waals surface area contributed by atoms with Crippen LogP contribution in [0.15, 0.2) is 42.5 Å². The molecular formula is C24H28N6O5. The van der Waals surface area contributed by atoms with E-state index in [1.165, 1.54) is 18.2 Å². The van der Waals surface area contributed by atoms with Crippen molar-refractivity contribution in [1.29, 1.82) is 0 Å². The minimum absolute atomic E-state index is 0.000617. The van der Waals surface area contributed by atoms with Gasteiger partial charge in [0.1, 0.15) is 11.4 Å². The van der Waals surface area contributed by atoms with Gasteiger partial charge in [0.15, 0.2) is 0 Å². The van der Waals surface area contributed by atoms with Crippen LogP contribution in [0.25, 0.3) is 11.0 Å². The maximum atomic E-state index is 12.7. The van der Waals surface area contributed by atoms with Crippen LogP contribution in [-0.2, 0) is 17.8 Å². The number of hydrogen-bond donors (Lipinski definition) is 1. The summed E-state index contributed by atoms with van der Waals surface area (Å²) in [7, 11) is 0. The molecule has 0 radical (unpaired) electrons. The molecule has 0 atom stereocenters. The number of aromatic nitrogens is 2. The van der Waals surface area contributed by atoms with Crippen LogP contribution in [0.2, 0.25) is 0 Å². The van der Waals surface area contributed by atoms with Crippen LogP contribution in [0.5, 0.6) is 0 Å². The van der Waals surface area contributed by atoms with Crippen molar-refractivity contribution in [1.82, 2.24) is 19.4 Å². The Kier molecular flexibility index (Phi) is 7.25. The summed E-state index contributed by atoms with van der Waals surface area (Å²) in [6, 6.07) is 11.3. The number of nitrogens with zero attached hydrogens (tertiary/aromatic N) is 5. The number of aryl methyl sites for hydroxylation is 1. The number of fused-ring (bicyclic) bond motifs is 1. The smallest absolute Gasteiger partial charge is 0.409 e. The third-order valence-electron chi connectivity index (χ3n) is 6.01. The lowest BCUT2D eigenvalue weighted by Gasteiger charge is -2.33. The highest BCUT2D eigenvalue weighted by Gasteiger charge is 2.24. The maximum Gasteiger partial charge on any atom is 0.409 e. The number of carbonyl (C=O) groups excluding carboxylic acids is 2. The average molecular weight is 481 g/mol. The number of ether oxygens (including phenoxy) is 1. The third-order valence-corrected chi connectivity index (χ3v) is 6.01. The molecular weight excluding hydrogens is 452 g/mol. The monoisotopic (exact) mass is 480 g/mol. The van der Waals surface area contributed by atoms with Crippen molar-refractivity contribution in [3.8, 4) is 0 Å². The van der Waals surface area contributed by atoms with Crippen molar-refractivity contribution in [2.75, 3.05) is 38.1 Å². The Hall–Kier alpha value is -3.99. The van der Waals surface area contributed by atoms with E-state index in [1.807, 2.05) is 13.0 Å². The van der Waals surface area contributed by atoms with Crippen LogP contribution in [-0.4, -0.2) is 69.1 Å². The molecule has 1 aliphatic heterocycles. The van der Waals surface area contributed by atoms with Gasteiger partial charge in [-0.05, 0) is 38.1 Å². The molecule has 184 valence electrons. The summed E-state index contributed by atoms with van der Waals surface area (Å²) in [4.78, 5) is 44.1. The van der Waals surface area contributed by atoms with Gasteiger partial charge in [0.05, 0.1) is 29.1 Å². The first-order valence-electron chi connectivity index (χ1n) is 11.6. The van der Waals surface area contributed by atoms with E-state index in [1.54, 1.807) is 30.0 Å². The number of piperazine rings is 1. The molecule has 1 fully saturated rings. The summed E-state index contributed by atoms with van der Waals surface area (Å²) in [5.41, 5.74) is 1.94. The molecule has 2 amide bonds. The molecule has 4 rings (SSSR count). The van der Waals surface area contributed by atoms with Crippen LogP contribution in [0, 0.1) is 10.1 Å². The molecule has 1 aliphatic rings. The summed E-state index contributed by atoms with van der Waals surface area (Å²) >= 11 is 0. The van der Waals surface area contributed by atoms with Gasteiger partial charge in [0.2, 0.25) is 0 Å². The Balaban J connectivity index is 1.49. The molecule has 0 spiro atoms. The molecule has 3 aromatic rings. The predicted molar refractivity (Wildman–Crippen MR) is 130 cm³/mol. The number of para-hydroxylation sites is 1. The van der Waals surface area contributed by atoms with Gasteiger partial charge in [0.25, 0.3) is 11.6 Å². The zero-order valence-corrected chi connectivity index (χ0v) is 19.8. The van der Waals surface area contributed by atoms with Gasteiger partial charge >= 0.3 is 6.09 Å². The molecule has 2 aromatic carbocycles. The third kappa shape index (κ3) is 5.24. The summed E-state index contributed by atoms with van der Waals surface area (Å²) < 4.78 is 7.21. The first-order chi connectivity index (χ1) is 16.9. The molecule has 1 saturated heterocycles. The van der Waals surface area contributed by atoms with Gasteiger partial charge in [-0.25, -0.2) is 9.78 Å². The average Bonchev–Trinajstić information content (AvgIpc) is 3.20. The second-order valence-electron chi connectivity index (χ2n) is 8.17. The van der Waals surface area contributed by atoms with E-state index >= 15 is 0 Å². The van der Waals surface area contributed by atoms with Crippen molar-refractivity contribution in [2.45, 2.75) is 26.9 Å². The predicted octanol–water partition coefficient (Wildman–Crippen LogP) is 3.49. The minimum atomic E-state index is -0.570.